The first kappa shape index (κ1) is 15.8. The van der Waals surface area contributed by atoms with Gasteiger partial charge < -0.3 is 5.73 Å². The molecule has 4 nitrogen and oxygen atoms in total. The molecular formula is C14H21ClN2O2S. The Bertz CT molecular complexity index is 525. The molecule has 1 aromatic rings. The van der Waals surface area contributed by atoms with E-state index in [4.69, 9.17) is 17.3 Å². The van der Waals surface area contributed by atoms with Gasteiger partial charge in [-0.05, 0) is 43.0 Å². The topological polar surface area (TPSA) is 72.2 Å². The number of sulfonamides is 1. The van der Waals surface area contributed by atoms with Crippen molar-refractivity contribution in [2.45, 2.75) is 43.0 Å². The molecule has 0 aromatic heterocycles. The Kier molecular flexibility index (Phi) is 5.43. The molecule has 112 valence electrons. The van der Waals surface area contributed by atoms with Crippen LogP contribution in [0.15, 0.2) is 29.2 Å². The summed E-state index contributed by atoms with van der Waals surface area (Å²) in [5.74, 6) is 0.343. The third-order valence-corrected chi connectivity index (χ3v) is 5.66. The highest BCUT2D eigenvalue weighted by Gasteiger charge is 2.27. The molecule has 3 N–H and O–H groups in total. The van der Waals surface area contributed by atoms with E-state index in [2.05, 4.69) is 4.72 Å². The first-order valence-corrected chi connectivity index (χ1v) is 8.87. The summed E-state index contributed by atoms with van der Waals surface area (Å²) in [4.78, 5) is 0.233. The largest absolute Gasteiger partial charge is 0.329 e. The van der Waals surface area contributed by atoms with Gasteiger partial charge in [0.1, 0.15) is 0 Å². The van der Waals surface area contributed by atoms with Crippen LogP contribution in [0.1, 0.15) is 32.1 Å². The van der Waals surface area contributed by atoms with Gasteiger partial charge in [0.2, 0.25) is 10.0 Å². The van der Waals surface area contributed by atoms with Crippen LogP contribution in [0.3, 0.4) is 0 Å². The van der Waals surface area contributed by atoms with E-state index in [1.807, 2.05) is 0 Å². The minimum atomic E-state index is -3.53. The highest BCUT2D eigenvalue weighted by molar-refractivity contribution is 7.89. The number of benzene rings is 1. The summed E-state index contributed by atoms with van der Waals surface area (Å²) < 4.78 is 27.4. The summed E-state index contributed by atoms with van der Waals surface area (Å²) in [6, 6.07) is 6.00. The number of rotatable bonds is 5. The van der Waals surface area contributed by atoms with Crippen LogP contribution in [-0.4, -0.2) is 21.0 Å². The number of nitrogens with two attached hydrogens (primary N) is 1. The molecule has 0 aliphatic heterocycles. The van der Waals surface area contributed by atoms with Crippen LogP contribution in [-0.2, 0) is 10.0 Å². The minimum absolute atomic E-state index is 0.184. The lowest BCUT2D eigenvalue weighted by atomic mass is 9.84. The molecular weight excluding hydrogens is 296 g/mol. The molecule has 6 heteroatoms. The maximum atomic E-state index is 12.3. The van der Waals surface area contributed by atoms with Crippen LogP contribution in [0.4, 0.5) is 0 Å². The van der Waals surface area contributed by atoms with Crippen LogP contribution in [0.5, 0.6) is 0 Å². The summed E-state index contributed by atoms with van der Waals surface area (Å²) in [5.41, 5.74) is 5.76. The quantitative estimate of drug-likeness (QED) is 0.876. The van der Waals surface area contributed by atoms with Gasteiger partial charge in [0, 0.05) is 17.6 Å². The lowest BCUT2D eigenvalue weighted by Crippen LogP contribution is -2.45. The normalized spacial score (nSPS) is 18.9. The zero-order valence-corrected chi connectivity index (χ0v) is 13.0. The first-order valence-electron chi connectivity index (χ1n) is 7.01. The van der Waals surface area contributed by atoms with Gasteiger partial charge in [0.05, 0.1) is 4.90 Å². The van der Waals surface area contributed by atoms with Crippen molar-refractivity contribution in [3.8, 4) is 0 Å². The summed E-state index contributed by atoms with van der Waals surface area (Å²) in [6.45, 7) is 0.331. The summed E-state index contributed by atoms with van der Waals surface area (Å²) in [5, 5.41) is 0.520. The van der Waals surface area contributed by atoms with Gasteiger partial charge in [-0.25, -0.2) is 13.1 Å². The zero-order chi connectivity index (χ0) is 14.6. The van der Waals surface area contributed by atoms with Crippen molar-refractivity contribution in [3.05, 3.63) is 29.3 Å². The Balaban J connectivity index is 2.10. The molecule has 1 atom stereocenters. The molecule has 20 heavy (non-hydrogen) atoms. The van der Waals surface area contributed by atoms with Gasteiger partial charge in [-0.3, -0.25) is 0 Å². The van der Waals surface area contributed by atoms with Gasteiger partial charge in [-0.1, -0.05) is 30.9 Å². The summed E-state index contributed by atoms with van der Waals surface area (Å²) in [6.07, 6.45) is 5.64. The first-order chi connectivity index (χ1) is 9.53. The van der Waals surface area contributed by atoms with E-state index in [1.54, 1.807) is 12.1 Å². The molecule has 1 fully saturated rings. The van der Waals surface area contributed by atoms with Gasteiger partial charge in [0.15, 0.2) is 0 Å². The van der Waals surface area contributed by atoms with Crippen molar-refractivity contribution in [1.82, 2.24) is 4.72 Å². The second-order valence-corrected chi connectivity index (χ2v) is 7.47. The van der Waals surface area contributed by atoms with E-state index >= 15 is 0 Å². The molecule has 1 unspecified atom stereocenters. The second kappa shape index (κ2) is 6.89. The maximum absolute atomic E-state index is 12.3. The number of hydrogen-bond acceptors (Lipinski definition) is 3. The summed E-state index contributed by atoms with van der Waals surface area (Å²) >= 11 is 5.78. The van der Waals surface area contributed by atoms with Gasteiger partial charge >= 0.3 is 0 Å². The van der Waals surface area contributed by atoms with Crippen molar-refractivity contribution >= 4 is 21.6 Å². The zero-order valence-electron chi connectivity index (χ0n) is 11.4. The molecule has 0 bridgehead atoms. The molecule has 0 spiro atoms. The van der Waals surface area contributed by atoms with Crippen LogP contribution in [0, 0.1) is 5.92 Å². The monoisotopic (exact) mass is 316 g/mol. The predicted octanol–water partition coefficient (Wildman–Crippen LogP) is 2.53. The molecule has 1 aromatic carbocycles. The van der Waals surface area contributed by atoms with E-state index in [0.717, 1.165) is 25.7 Å². The smallest absolute Gasteiger partial charge is 0.240 e. The van der Waals surface area contributed by atoms with Crippen LogP contribution < -0.4 is 10.5 Å². The Morgan fingerprint density at radius 3 is 2.35 bits per heavy atom. The van der Waals surface area contributed by atoms with E-state index in [9.17, 15) is 8.42 Å². The van der Waals surface area contributed by atoms with E-state index in [-0.39, 0.29) is 10.9 Å². The fourth-order valence-electron chi connectivity index (χ4n) is 2.75. The number of halogens is 1. The molecule has 1 saturated carbocycles. The molecule has 0 heterocycles. The molecule has 2 rings (SSSR count). The van der Waals surface area contributed by atoms with Crippen molar-refractivity contribution in [2.75, 3.05) is 6.54 Å². The fourth-order valence-corrected chi connectivity index (χ4v) is 4.20. The van der Waals surface area contributed by atoms with Crippen molar-refractivity contribution in [2.24, 2.45) is 11.7 Å². The fraction of sp³-hybridized carbons (Fsp3) is 0.571. The summed E-state index contributed by atoms with van der Waals surface area (Å²) in [7, 11) is -3.53. The Morgan fingerprint density at radius 1 is 1.20 bits per heavy atom. The SMILES string of the molecule is NCC(NS(=O)(=O)c1ccc(Cl)cc1)C1CCCCC1. The maximum Gasteiger partial charge on any atom is 0.240 e. The van der Waals surface area contributed by atoms with Crippen LogP contribution in [0.2, 0.25) is 5.02 Å². The van der Waals surface area contributed by atoms with Crippen molar-refractivity contribution in [1.29, 1.82) is 0 Å². The Labute approximate surface area is 125 Å². The number of nitrogens with one attached hydrogen (secondary N) is 1. The Morgan fingerprint density at radius 2 is 1.80 bits per heavy atom. The lowest BCUT2D eigenvalue weighted by molar-refractivity contribution is 0.294. The molecule has 1 aliphatic carbocycles. The molecule has 0 amide bonds. The van der Waals surface area contributed by atoms with Crippen molar-refractivity contribution < 1.29 is 8.42 Å². The average molecular weight is 317 g/mol. The predicted molar refractivity (Wildman–Crippen MR) is 81.2 cm³/mol. The molecule has 0 saturated heterocycles. The van der Waals surface area contributed by atoms with Crippen molar-refractivity contribution in [3.63, 3.8) is 0 Å². The third-order valence-electron chi connectivity index (χ3n) is 3.90. The lowest BCUT2D eigenvalue weighted by Gasteiger charge is -2.29. The second-order valence-electron chi connectivity index (χ2n) is 5.32. The minimum Gasteiger partial charge on any atom is -0.329 e. The standard InChI is InChI=1S/C14H21ClN2O2S/c15-12-6-8-13(9-7-12)20(18,19)17-14(10-16)11-4-2-1-3-5-11/h6-9,11,14,17H,1-5,10,16H2. The van der Waals surface area contributed by atoms with Crippen LogP contribution >= 0.6 is 11.6 Å². The highest BCUT2D eigenvalue weighted by Crippen LogP contribution is 2.27. The third kappa shape index (κ3) is 3.95. The molecule has 1 aliphatic rings. The van der Waals surface area contributed by atoms with Gasteiger partial charge in [0.25, 0.3) is 0 Å². The highest BCUT2D eigenvalue weighted by atomic mass is 35.5. The van der Waals surface area contributed by atoms with E-state index < -0.39 is 10.0 Å². The Hall–Kier alpha value is -0.620. The van der Waals surface area contributed by atoms with E-state index in [1.165, 1.54) is 18.6 Å². The number of hydrogen-bond donors (Lipinski definition) is 2. The van der Waals surface area contributed by atoms with E-state index in [0.29, 0.717) is 17.5 Å². The average Bonchev–Trinajstić information content (AvgIpc) is 2.46. The van der Waals surface area contributed by atoms with Crippen LogP contribution in [0.25, 0.3) is 0 Å². The molecule has 0 radical (unpaired) electrons. The van der Waals surface area contributed by atoms with Gasteiger partial charge in [-0.15, -0.1) is 0 Å². The van der Waals surface area contributed by atoms with Gasteiger partial charge in [-0.2, -0.15) is 0 Å².